The van der Waals surface area contributed by atoms with Crippen LogP contribution in [0.15, 0.2) is 40.8 Å². The number of carbonyl (C=O) groups is 1. The number of thiazole rings is 1. The Morgan fingerprint density at radius 2 is 2.08 bits per heavy atom. The van der Waals surface area contributed by atoms with Crippen molar-refractivity contribution < 1.29 is 4.79 Å². The van der Waals surface area contributed by atoms with E-state index in [-0.39, 0.29) is 18.0 Å². The Kier molecular flexibility index (Phi) is 4.94. The maximum Gasteiger partial charge on any atom is 0.261 e. The van der Waals surface area contributed by atoms with E-state index in [1.165, 1.54) is 10.9 Å². The highest BCUT2D eigenvalue weighted by Gasteiger charge is 2.14. The molecule has 0 aliphatic heterocycles. The fourth-order valence-electron chi connectivity index (χ4n) is 2.48. The Labute approximate surface area is 149 Å². The Bertz CT molecular complexity index is 961. The van der Waals surface area contributed by atoms with E-state index in [0.29, 0.717) is 23.4 Å². The molecule has 25 heavy (non-hydrogen) atoms. The van der Waals surface area contributed by atoms with Crippen molar-refractivity contribution in [1.82, 2.24) is 19.4 Å². The zero-order valence-corrected chi connectivity index (χ0v) is 15.3. The number of para-hydroxylation sites is 1. The Hall–Kier alpha value is -2.54. The molecule has 3 rings (SSSR count). The van der Waals surface area contributed by atoms with Crippen molar-refractivity contribution in [2.24, 2.45) is 0 Å². The first-order chi connectivity index (χ1) is 12.0. The van der Waals surface area contributed by atoms with Gasteiger partial charge in [0.2, 0.25) is 5.91 Å². The molecule has 130 valence electrons. The van der Waals surface area contributed by atoms with Crippen molar-refractivity contribution >= 4 is 28.1 Å². The van der Waals surface area contributed by atoms with Gasteiger partial charge in [0, 0.05) is 18.3 Å². The zero-order chi connectivity index (χ0) is 18.0. The van der Waals surface area contributed by atoms with Crippen molar-refractivity contribution in [2.45, 2.75) is 32.9 Å². The molecular weight excluding hydrogens is 336 g/mol. The summed E-state index contributed by atoms with van der Waals surface area (Å²) < 4.78 is 1.35. The fraction of sp³-hybridized carbons (Fsp3) is 0.333. The predicted octanol–water partition coefficient (Wildman–Crippen LogP) is 2.64. The fourth-order valence-corrected chi connectivity index (χ4v) is 3.30. The summed E-state index contributed by atoms with van der Waals surface area (Å²) in [6.45, 7) is 4.58. The van der Waals surface area contributed by atoms with Crippen LogP contribution in [0, 0.1) is 0 Å². The van der Waals surface area contributed by atoms with Gasteiger partial charge in [-0.1, -0.05) is 26.0 Å². The van der Waals surface area contributed by atoms with Crippen molar-refractivity contribution in [2.75, 3.05) is 7.05 Å². The van der Waals surface area contributed by atoms with Gasteiger partial charge in [-0.2, -0.15) is 0 Å². The molecule has 0 unspecified atom stereocenters. The molecular formula is C18H20N4O2S. The van der Waals surface area contributed by atoms with Crippen LogP contribution in [0.1, 0.15) is 30.5 Å². The second kappa shape index (κ2) is 7.14. The molecule has 0 atom stereocenters. The summed E-state index contributed by atoms with van der Waals surface area (Å²) in [5.41, 5.74) is 1.30. The first-order valence-electron chi connectivity index (χ1n) is 8.08. The van der Waals surface area contributed by atoms with E-state index in [0.717, 1.165) is 10.7 Å². The van der Waals surface area contributed by atoms with Gasteiger partial charge in [0.1, 0.15) is 6.54 Å². The summed E-state index contributed by atoms with van der Waals surface area (Å²) in [7, 11) is 1.72. The third kappa shape index (κ3) is 3.76. The van der Waals surface area contributed by atoms with Crippen LogP contribution in [0.2, 0.25) is 0 Å². The number of carbonyl (C=O) groups excluding carboxylic acids is 1. The zero-order valence-electron chi connectivity index (χ0n) is 14.5. The number of likely N-dealkylation sites (N-methyl/N-ethyl adjacent to an activating group) is 1. The van der Waals surface area contributed by atoms with Crippen molar-refractivity contribution in [1.29, 1.82) is 0 Å². The van der Waals surface area contributed by atoms with Crippen LogP contribution in [0.3, 0.4) is 0 Å². The SMILES string of the molecule is CC(C)c1nc(CN(C)C(=O)Cn2cnc3ccccc3c2=O)cs1. The standard InChI is InChI=1S/C18H20N4O2S/c1-12(2)17-20-13(10-25-17)8-21(3)16(23)9-22-11-19-15-7-5-4-6-14(15)18(22)24/h4-7,10-12H,8-9H2,1-3H3. The van der Waals surface area contributed by atoms with Crippen LogP contribution < -0.4 is 5.56 Å². The lowest BCUT2D eigenvalue weighted by Crippen LogP contribution is -2.33. The summed E-state index contributed by atoms with van der Waals surface area (Å²) in [6, 6.07) is 7.12. The average molecular weight is 356 g/mol. The van der Waals surface area contributed by atoms with Crippen LogP contribution in [-0.2, 0) is 17.9 Å². The number of benzene rings is 1. The molecule has 0 bridgehead atoms. The first kappa shape index (κ1) is 17.3. The predicted molar refractivity (Wildman–Crippen MR) is 98.7 cm³/mol. The van der Waals surface area contributed by atoms with Crippen LogP contribution in [0.25, 0.3) is 10.9 Å². The smallest absolute Gasteiger partial charge is 0.261 e. The van der Waals surface area contributed by atoms with E-state index in [9.17, 15) is 9.59 Å². The van der Waals surface area contributed by atoms with E-state index >= 15 is 0 Å². The molecule has 7 heteroatoms. The second-order valence-electron chi connectivity index (χ2n) is 6.28. The van der Waals surface area contributed by atoms with E-state index < -0.39 is 0 Å². The number of aromatic nitrogens is 3. The van der Waals surface area contributed by atoms with Gasteiger partial charge in [-0.05, 0) is 12.1 Å². The van der Waals surface area contributed by atoms with Crippen molar-refractivity contribution in [3.63, 3.8) is 0 Å². The van der Waals surface area contributed by atoms with Crippen molar-refractivity contribution in [3.8, 4) is 0 Å². The number of nitrogens with zero attached hydrogens (tertiary/aromatic N) is 4. The minimum Gasteiger partial charge on any atom is -0.338 e. The van der Waals surface area contributed by atoms with Crippen LogP contribution in [-0.4, -0.2) is 32.4 Å². The van der Waals surface area contributed by atoms with Crippen LogP contribution in [0.5, 0.6) is 0 Å². The number of hydrogen-bond acceptors (Lipinski definition) is 5. The molecule has 6 nitrogen and oxygen atoms in total. The van der Waals surface area contributed by atoms with Crippen LogP contribution in [0.4, 0.5) is 0 Å². The Morgan fingerprint density at radius 3 is 2.80 bits per heavy atom. The molecule has 0 aliphatic carbocycles. The summed E-state index contributed by atoms with van der Waals surface area (Å²) in [6.07, 6.45) is 1.43. The summed E-state index contributed by atoms with van der Waals surface area (Å²) in [4.78, 5) is 35.3. The molecule has 1 aromatic carbocycles. The molecule has 1 amide bonds. The number of rotatable bonds is 5. The van der Waals surface area contributed by atoms with E-state index in [2.05, 4.69) is 23.8 Å². The average Bonchev–Trinajstić information content (AvgIpc) is 3.06. The minimum atomic E-state index is -0.205. The third-order valence-corrected chi connectivity index (χ3v) is 5.12. The highest BCUT2D eigenvalue weighted by Crippen LogP contribution is 2.19. The normalized spacial score (nSPS) is 11.2. The molecule has 0 saturated heterocycles. The van der Waals surface area contributed by atoms with E-state index in [4.69, 9.17) is 0 Å². The Balaban J connectivity index is 1.73. The van der Waals surface area contributed by atoms with Gasteiger partial charge in [-0.15, -0.1) is 11.3 Å². The van der Waals surface area contributed by atoms with Crippen LogP contribution >= 0.6 is 11.3 Å². The largest absolute Gasteiger partial charge is 0.338 e. The molecule has 0 N–H and O–H groups in total. The molecule has 2 heterocycles. The molecule has 0 fully saturated rings. The van der Waals surface area contributed by atoms with Gasteiger partial charge in [0.05, 0.1) is 34.5 Å². The molecule has 0 radical (unpaired) electrons. The molecule has 2 aromatic heterocycles. The Morgan fingerprint density at radius 1 is 1.32 bits per heavy atom. The van der Waals surface area contributed by atoms with Gasteiger partial charge in [-0.25, -0.2) is 9.97 Å². The summed E-state index contributed by atoms with van der Waals surface area (Å²) in [5.74, 6) is 0.222. The maximum absolute atomic E-state index is 12.5. The maximum atomic E-state index is 12.5. The summed E-state index contributed by atoms with van der Waals surface area (Å²) >= 11 is 1.60. The molecule has 0 aliphatic rings. The lowest BCUT2D eigenvalue weighted by atomic mass is 10.2. The summed E-state index contributed by atoms with van der Waals surface area (Å²) in [5, 5.41) is 3.55. The number of hydrogen-bond donors (Lipinski definition) is 0. The highest BCUT2D eigenvalue weighted by molar-refractivity contribution is 7.09. The topological polar surface area (TPSA) is 68.1 Å². The van der Waals surface area contributed by atoms with Gasteiger partial charge in [-0.3, -0.25) is 14.2 Å². The quantitative estimate of drug-likeness (QED) is 0.705. The number of amides is 1. The van der Waals surface area contributed by atoms with Gasteiger partial charge < -0.3 is 4.90 Å². The molecule has 0 spiro atoms. The van der Waals surface area contributed by atoms with E-state index in [1.54, 1.807) is 41.5 Å². The number of fused-ring (bicyclic) bond motifs is 1. The minimum absolute atomic E-state index is 0.0334. The molecule has 3 aromatic rings. The molecule has 0 saturated carbocycles. The second-order valence-corrected chi connectivity index (χ2v) is 7.17. The van der Waals surface area contributed by atoms with E-state index in [1.807, 2.05) is 11.4 Å². The highest BCUT2D eigenvalue weighted by atomic mass is 32.1. The van der Waals surface area contributed by atoms with Crippen molar-refractivity contribution in [3.05, 3.63) is 57.0 Å². The first-order valence-corrected chi connectivity index (χ1v) is 8.96. The monoisotopic (exact) mass is 356 g/mol. The van der Waals surface area contributed by atoms with Gasteiger partial charge in [0.15, 0.2) is 0 Å². The van der Waals surface area contributed by atoms with Gasteiger partial charge >= 0.3 is 0 Å². The third-order valence-electron chi connectivity index (χ3n) is 3.93. The van der Waals surface area contributed by atoms with Gasteiger partial charge in [0.25, 0.3) is 5.56 Å². The lowest BCUT2D eigenvalue weighted by Gasteiger charge is -2.16. The lowest BCUT2D eigenvalue weighted by molar-refractivity contribution is -0.131.